The van der Waals surface area contributed by atoms with E-state index < -0.39 is 5.91 Å². The van der Waals surface area contributed by atoms with Crippen molar-refractivity contribution in [2.75, 3.05) is 24.4 Å². The van der Waals surface area contributed by atoms with Crippen molar-refractivity contribution in [3.05, 3.63) is 90.1 Å². The molecule has 1 aliphatic rings. The third-order valence-electron chi connectivity index (χ3n) is 4.83. The van der Waals surface area contributed by atoms with Crippen molar-refractivity contribution in [3.8, 4) is 11.5 Å². The molecule has 0 spiro atoms. The van der Waals surface area contributed by atoms with E-state index in [1.165, 1.54) is 12.0 Å². The maximum Gasteiger partial charge on any atom is 0.282 e. The van der Waals surface area contributed by atoms with Crippen LogP contribution in [0.5, 0.6) is 11.5 Å². The van der Waals surface area contributed by atoms with Crippen molar-refractivity contribution in [2.45, 2.75) is 0 Å². The van der Waals surface area contributed by atoms with E-state index in [1.807, 2.05) is 24.3 Å². The second-order valence-electron chi connectivity index (χ2n) is 6.59. The van der Waals surface area contributed by atoms with E-state index in [9.17, 15) is 9.59 Å². The Morgan fingerprint density at radius 3 is 2.07 bits per heavy atom. The Morgan fingerprint density at radius 1 is 0.767 bits per heavy atom. The standard InChI is InChI=1S/C24H20N2O4/c1-29-18-13-14-20(30-2)19(15-18)25-22-21(16-9-5-3-6-10-16)23(27)26(24(22)28)17-11-7-4-8-12-17/h3-15,25H,1-2H3. The van der Waals surface area contributed by atoms with E-state index in [2.05, 4.69) is 5.32 Å². The maximum absolute atomic E-state index is 13.4. The zero-order chi connectivity index (χ0) is 21.1. The molecule has 3 aromatic carbocycles. The van der Waals surface area contributed by atoms with Crippen LogP contribution >= 0.6 is 0 Å². The summed E-state index contributed by atoms with van der Waals surface area (Å²) < 4.78 is 10.7. The fourth-order valence-electron chi connectivity index (χ4n) is 3.38. The summed E-state index contributed by atoms with van der Waals surface area (Å²) in [6, 6.07) is 23.2. The SMILES string of the molecule is COc1ccc(OC)c(NC2=C(c3ccccc3)C(=O)N(c3ccccc3)C2=O)c1. The van der Waals surface area contributed by atoms with Crippen molar-refractivity contribution >= 4 is 28.8 Å². The normalized spacial score (nSPS) is 13.6. The monoisotopic (exact) mass is 400 g/mol. The molecule has 6 nitrogen and oxygen atoms in total. The molecule has 1 heterocycles. The number of nitrogens with one attached hydrogen (secondary N) is 1. The van der Waals surface area contributed by atoms with Gasteiger partial charge in [-0.25, -0.2) is 4.90 Å². The van der Waals surface area contributed by atoms with Gasteiger partial charge in [0.1, 0.15) is 17.2 Å². The number of methoxy groups -OCH3 is 2. The second-order valence-corrected chi connectivity index (χ2v) is 6.59. The fourth-order valence-corrected chi connectivity index (χ4v) is 3.38. The summed E-state index contributed by atoms with van der Waals surface area (Å²) in [5.41, 5.74) is 2.17. The van der Waals surface area contributed by atoms with Crippen LogP contribution in [0.2, 0.25) is 0 Å². The zero-order valence-corrected chi connectivity index (χ0v) is 16.6. The van der Waals surface area contributed by atoms with E-state index in [0.29, 0.717) is 34.0 Å². The molecule has 150 valence electrons. The van der Waals surface area contributed by atoms with Gasteiger partial charge < -0.3 is 14.8 Å². The van der Waals surface area contributed by atoms with E-state index >= 15 is 0 Å². The van der Waals surface area contributed by atoms with Crippen LogP contribution in [0.4, 0.5) is 11.4 Å². The van der Waals surface area contributed by atoms with Gasteiger partial charge in [0.2, 0.25) is 0 Å². The number of hydrogen-bond acceptors (Lipinski definition) is 5. The Balaban J connectivity index is 1.84. The van der Waals surface area contributed by atoms with Gasteiger partial charge in [-0.1, -0.05) is 48.5 Å². The molecule has 0 fully saturated rings. The van der Waals surface area contributed by atoms with Crippen LogP contribution < -0.4 is 19.7 Å². The van der Waals surface area contributed by atoms with Crippen LogP contribution in [0.15, 0.2) is 84.6 Å². The molecular weight excluding hydrogens is 380 g/mol. The minimum absolute atomic E-state index is 0.182. The second kappa shape index (κ2) is 8.13. The summed E-state index contributed by atoms with van der Waals surface area (Å²) >= 11 is 0. The lowest BCUT2D eigenvalue weighted by atomic mass is 10.0. The van der Waals surface area contributed by atoms with E-state index in [1.54, 1.807) is 61.7 Å². The van der Waals surface area contributed by atoms with Crippen molar-refractivity contribution in [2.24, 2.45) is 0 Å². The van der Waals surface area contributed by atoms with Gasteiger partial charge >= 0.3 is 0 Å². The molecule has 1 N–H and O–H groups in total. The first-order valence-corrected chi connectivity index (χ1v) is 9.36. The molecule has 4 rings (SSSR count). The van der Waals surface area contributed by atoms with Crippen LogP contribution in [0.1, 0.15) is 5.56 Å². The summed E-state index contributed by atoms with van der Waals surface area (Å²) in [5.74, 6) is 0.294. The van der Waals surface area contributed by atoms with Gasteiger partial charge in [-0.3, -0.25) is 9.59 Å². The molecule has 3 aromatic rings. The number of ether oxygens (including phenoxy) is 2. The lowest BCUT2D eigenvalue weighted by Gasteiger charge is -2.16. The highest BCUT2D eigenvalue weighted by molar-refractivity contribution is 6.46. The average molecular weight is 400 g/mol. The number of benzene rings is 3. The highest BCUT2D eigenvalue weighted by Gasteiger charge is 2.40. The minimum Gasteiger partial charge on any atom is -0.497 e. The zero-order valence-electron chi connectivity index (χ0n) is 16.6. The predicted molar refractivity (Wildman–Crippen MR) is 115 cm³/mol. The molecule has 30 heavy (non-hydrogen) atoms. The lowest BCUT2D eigenvalue weighted by Crippen LogP contribution is -2.32. The minimum atomic E-state index is -0.435. The Labute approximate surface area is 174 Å². The van der Waals surface area contributed by atoms with Crippen LogP contribution in [0.3, 0.4) is 0 Å². The topological polar surface area (TPSA) is 67.9 Å². The van der Waals surface area contributed by atoms with Crippen molar-refractivity contribution < 1.29 is 19.1 Å². The molecular formula is C24H20N2O4. The van der Waals surface area contributed by atoms with E-state index in [0.717, 1.165) is 0 Å². The smallest absolute Gasteiger partial charge is 0.282 e. The molecule has 0 radical (unpaired) electrons. The number of carbonyl (C=O) groups excluding carboxylic acids is 2. The molecule has 6 heteroatoms. The summed E-state index contributed by atoms with van der Waals surface area (Å²) in [7, 11) is 3.10. The number of rotatable bonds is 6. The Bertz CT molecular complexity index is 1120. The summed E-state index contributed by atoms with van der Waals surface area (Å²) in [6.45, 7) is 0. The van der Waals surface area contributed by atoms with Crippen LogP contribution in [0, 0.1) is 0 Å². The molecule has 0 aromatic heterocycles. The molecule has 0 aliphatic carbocycles. The highest BCUT2D eigenvalue weighted by atomic mass is 16.5. The third kappa shape index (κ3) is 3.39. The number of nitrogens with zero attached hydrogens (tertiary/aromatic N) is 1. The Kier molecular flexibility index (Phi) is 5.22. The van der Waals surface area contributed by atoms with Crippen LogP contribution in [0.25, 0.3) is 5.57 Å². The quantitative estimate of drug-likeness (QED) is 0.631. The number of para-hydroxylation sites is 1. The van der Waals surface area contributed by atoms with Crippen LogP contribution in [-0.2, 0) is 9.59 Å². The number of amides is 2. The van der Waals surface area contributed by atoms with Gasteiger partial charge in [-0.2, -0.15) is 0 Å². The highest BCUT2D eigenvalue weighted by Crippen LogP contribution is 2.36. The number of imide groups is 1. The molecule has 1 aliphatic heterocycles. The van der Waals surface area contributed by atoms with E-state index in [4.69, 9.17) is 9.47 Å². The summed E-state index contributed by atoms with van der Waals surface area (Å²) in [4.78, 5) is 27.9. The lowest BCUT2D eigenvalue weighted by molar-refractivity contribution is -0.120. The Morgan fingerprint density at radius 2 is 1.43 bits per heavy atom. The molecule has 2 amide bonds. The number of anilines is 2. The van der Waals surface area contributed by atoms with Gasteiger partial charge in [0.15, 0.2) is 0 Å². The predicted octanol–water partition coefficient (Wildman–Crippen LogP) is 4.10. The summed E-state index contributed by atoms with van der Waals surface area (Å²) in [6.07, 6.45) is 0. The first-order chi connectivity index (χ1) is 14.6. The molecule has 0 saturated carbocycles. The van der Waals surface area contributed by atoms with Gasteiger partial charge in [0.25, 0.3) is 11.8 Å². The van der Waals surface area contributed by atoms with Crippen molar-refractivity contribution in [1.29, 1.82) is 0 Å². The number of hydrogen-bond donors (Lipinski definition) is 1. The van der Waals surface area contributed by atoms with Gasteiger partial charge in [0, 0.05) is 6.07 Å². The fraction of sp³-hybridized carbons (Fsp3) is 0.0833. The molecule has 0 unspecified atom stereocenters. The first-order valence-electron chi connectivity index (χ1n) is 9.36. The van der Waals surface area contributed by atoms with Gasteiger partial charge in [-0.15, -0.1) is 0 Å². The number of carbonyl (C=O) groups is 2. The first kappa shape index (κ1) is 19.3. The molecule has 0 atom stereocenters. The van der Waals surface area contributed by atoms with Gasteiger partial charge in [0.05, 0.1) is 31.2 Å². The van der Waals surface area contributed by atoms with Gasteiger partial charge in [-0.05, 0) is 29.8 Å². The molecule has 0 saturated heterocycles. The van der Waals surface area contributed by atoms with Crippen molar-refractivity contribution in [1.82, 2.24) is 0 Å². The summed E-state index contributed by atoms with van der Waals surface area (Å²) in [5, 5.41) is 3.13. The third-order valence-corrected chi connectivity index (χ3v) is 4.83. The van der Waals surface area contributed by atoms with Crippen LogP contribution in [-0.4, -0.2) is 26.0 Å². The average Bonchev–Trinajstić information content (AvgIpc) is 3.04. The molecule has 0 bridgehead atoms. The van der Waals surface area contributed by atoms with E-state index in [-0.39, 0.29) is 11.6 Å². The maximum atomic E-state index is 13.4. The largest absolute Gasteiger partial charge is 0.497 e. The van der Waals surface area contributed by atoms with Crippen molar-refractivity contribution in [3.63, 3.8) is 0 Å². The Hall–Kier alpha value is -4.06.